The average Bonchev–Trinajstić information content (AvgIpc) is 2.19. The van der Waals surface area contributed by atoms with E-state index in [1.807, 2.05) is 0 Å². The van der Waals surface area contributed by atoms with E-state index in [1.54, 1.807) is 0 Å². The number of benzene rings is 1. The molecule has 0 saturated heterocycles. The molecular weight excluding hydrogens is 197 g/mol. The molecule has 1 N–H and O–H groups in total. The summed E-state index contributed by atoms with van der Waals surface area (Å²) < 4.78 is 12.9. The molecule has 15 heavy (non-hydrogen) atoms. The van der Waals surface area contributed by atoms with Crippen molar-refractivity contribution in [1.82, 2.24) is 4.98 Å². The summed E-state index contributed by atoms with van der Waals surface area (Å²) in [6.45, 7) is 1.40. The predicted molar refractivity (Wildman–Crippen MR) is 54.5 cm³/mol. The summed E-state index contributed by atoms with van der Waals surface area (Å²) in [6, 6.07) is 3.80. The van der Waals surface area contributed by atoms with E-state index in [0.29, 0.717) is 10.9 Å². The van der Waals surface area contributed by atoms with Gasteiger partial charge in [-0.25, -0.2) is 4.39 Å². The van der Waals surface area contributed by atoms with Gasteiger partial charge in [0.2, 0.25) is 0 Å². The Hall–Kier alpha value is -1.97. The number of halogens is 1. The van der Waals surface area contributed by atoms with Gasteiger partial charge >= 0.3 is 0 Å². The monoisotopic (exact) mass is 205 g/mol. The normalized spacial score (nSPS) is 10.5. The number of nitrogens with one attached hydrogen (secondary N) is 1. The summed E-state index contributed by atoms with van der Waals surface area (Å²) in [4.78, 5) is 25.0. The van der Waals surface area contributed by atoms with Crippen LogP contribution >= 0.6 is 0 Å². The number of aromatic amines is 1. The van der Waals surface area contributed by atoms with E-state index in [9.17, 15) is 14.0 Å². The summed E-state index contributed by atoms with van der Waals surface area (Å²) in [5, 5.41) is 0.676. The first kappa shape index (κ1) is 9.58. The lowest BCUT2D eigenvalue weighted by Gasteiger charge is -2.01. The molecule has 0 unspecified atom stereocenters. The Kier molecular flexibility index (Phi) is 2.11. The maximum Gasteiger partial charge on any atom is 0.255 e. The van der Waals surface area contributed by atoms with Crippen molar-refractivity contribution in [2.24, 2.45) is 0 Å². The number of ketones is 1. The van der Waals surface area contributed by atoms with Crippen molar-refractivity contribution in [1.29, 1.82) is 0 Å². The van der Waals surface area contributed by atoms with Crippen LogP contribution < -0.4 is 5.56 Å². The van der Waals surface area contributed by atoms with Gasteiger partial charge in [0.25, 0.3) is 5.56 Å². The van der Waals surface area contributed by atoms with Crippen molar-refractivity contribution < 1.29 is 9.18 Å². The molecule has 0 saturated carbocycles. The van der Waals surface area contributed by atoms with Gasteiger partial charge in [-0.2, -0.15) is 0 Å². The molecule has 1 aromatic carbocycles. The molecule has 2 aromatic rings. The maximum atomic E-state index is 12.9. The third-order valence-electron chi connectivity index (χ3n) is 2.24. The van der Waals surface area contributed by atoms with Gasteiger partial charge in [-0.05, 0) is 24.4 Å². The van der Waals surface area contributed by atoms with Crippen molar-refractivity contribution in [2.45, 2.75) is 6.92 Å². The summed E-state index contributed by atoms with van der Waals surface area (Å²) in [5.41, 5.74) is -0.000833. The number of H-pyrrole nitrogens is 1. The van der Waals surface area contributed by atoms with Crippen molar-refractivity contribution in [2.75, 3.05) is 0 Å². The minimum atomic E-state index is -0.492. The second-order valence-corrected chi connectivity index (χ2v) is 3.28. The molecule has 0 bridgehead atoms. The van der Waals surface area contributed by atoms with Crippen LogP contribution in [0.3, 0.4) is 0 Å². The number of hydrogen-bond donors (Lipinski definition) is 1. The molecule has 0 aliphatic heterocycles. The Morgan fingerprint density at radius 2 is 2.07 bits per heavy atom. The maximum absolute atomic E-state index is 12.9. The van der Waals surface area contributed by atoms with E-state index in [1.165, 1.54) is 25.3 Å². The van der Waals surface area contributed by atoms with Crippen LogP contribution in [0.1, 0.15) is 17.3 Å². The van der Waals surface area contributed by atoms with Gasteiger partial charge in [-0.1, -0.05) is 6.07 Å². The van der Waals surface area contributed by atoms with Crippen molar-refractivity contribution in [3.05, 3.63) is 46.1 Å². The van der Waals surface area contributed by atoms with Crippen LogP contribution in [0.4, 0.5) is 4.39 Å². The van der Waals surface area contributed by atoms with E-state index in [-0.39, 0.29) is 11.2 Å². The van der Waals surface area contributed by atoms with Crippen LogP contribution in [0.5, 0.6) is 0 Å². The lowest BCUT2D eigenvalue weighted by Crippen LogP contribution is -2.09. The van der Waals surface area contributed by atoms with Crippen molar-refractivity contribution >= 4 is 16.6 Å². The quantitative estimate of drug-likeness (QED) is 0.722. The Balaban J connectivity index is 2.95. The first-order valence-electron chi connectivity index (χ1n) is 4.41. The second kappa shape index (κ2) is 3.31. The molecule has 2 rings (SSSR count). The number of Topliss-reactive ketones (excluding diaryl/α,β-unsaturated/α-hetero) is 1. The highest BCUT2D eigenvalue weighted by molar-refractivity contribution is 6.06. The molecule has 76 valence electrons. The van der Waals surface area contributed by atoms with Crippen LogP contribution in [0.25, 0.3) is 10.8 Å². The first-order valence-corrected chi connectivity index (χ1v) is 4.41. The van der Waals surface area contributed by atoms with Crippen molar-refractivity contribution in [3.8, 4) is 0 Å². The molecule has 0 amide bonds. The molecule has 0 aliphatic rings. The fourth-order valence-electron chi connectivity index (χ4n) is 1.52. The van der Waals surface area contributed by atoms with E-state index < -0.39 is 11.4 Å². The SMILES string of the molecule is CC(=O)c1c[nH]c(=O)c2cc(F)ccc12. The smallest absolute Gasteiger partial charge is 0.255 e. The highest BCUT2D eigenvalue weighted by Crippen LogP contribution is 2.16. The molecule has 0 radical (unpaired) electrons. The summed E-state index contributed by atoms with van der Waals surface area (Å²) in [7, 11) is 0. The van der Waals surface area contributed by atoms with Crippen LogP contribution in [0, 0.1) is 5.82 Å². The standard InChI is InChI=1S/C11H8FNO2/c1-6(14)10-5-13-11(15)9-4-7(12)2-3-8(9)10/h2-5H,1H3,(H,13,15). The fraction of sp³-hybridized carbons (Fsp3) is 0.0909. The van der Waals surface area contributed by atoms with Crippen molar-refractivity contribution in [3.63, 3.8) is 0 Å². The summed E-state index contributed by atoms with van der Waals surface area (Å²) in [6.07, 6.45) is 1.35. The number of carbonyl (C=O) groups excluding carboxylic acids is 1. The largest absolute Gasteiger partial charge is 0.328 e. The Morgan fingerprint density at radius 3 is 2.73 bits per heavy atom. The number of fused-ring (bicyclic) bond motifs is 1. The molecule has 1 heterocycles. The molecule has 0 aliphatic carbocycles. The van der Waals surface area contributed by atoms with Gasteiger partial charge in [0.1, 0.15) is 5.82 Å². The first-order chi connectivity index (χ1) is 7.09. The number of carbonyl (C=O) groups is 1. The minimum Gasteiger partial charge on any atom is -0.328 e. The molecular formula is C11H8FNO2. The number of hydrogen-bond acceptors (Lipinski definition) is 2. The summed E-state index contributed by atoms with van der Waals surface area (Å²) in [5.74, 6) is -0.656. The van der Waals surface area contributed by atoms with E-state index in [0.717, 1.165) is 6.07 Å². The van der Waals surface area contributed by atoms with Gasteiger partial charge in [0, 0.05) is 11.8 Å². The lowest BCUT2D eigenvalue weighted by atomic mass is 10.1. The molecule has 0 spiro atoms. The predicted octanol–water partition coefficient (Wildman–Crippen LogP) is 1.87. The molecule has 0 fully saturated rings. The molecule has 1 aromatic heterocycles. The minimum absolute atomic E-state index is 0.164. The van der Waals surface area contributed by atoms with E-state index >= 15 is 0 Å². The van der Waals surface area contributed by atoms with Crippen LogP contribution in [-0.4, -0.2) is 10.8 Å². The highest BCUT2D eigenvalue weighted by Gasteiger charge is 2.08. The molecule has 0 atom stereocenters. The average molecular weight is 205 g/mol. The zero-order chi connectivity index (χ0) is 11.0. The van der Waals surface area contributed by atoms with Crippen LogP contribution in [0.2, 0.25) is 0 Å². The topological polar surface area (TPSA) is 49.9 Å². The van der Waals surface area contributed by atoms with Gasteiger partial charge < -0.3 is 4.98 Å². The second-order valence-electron chi connectivity index (χ2n) is 3.28. The molecule has 4 heteroatoms. The van der Waals surface area contributed by atoms with E-state index in [4.69, 9.17) is 0 Å². The number of rotatable bonds is 1. The third kappa shape index (κ3) is 1.54. The van der Waals surface area contributed by atoms with Gasteiger partial charge in [0.15, 0.2) is 5.78 Å². The third-order valence-corrected chi connectivity index (χ3v) is 2.24. The zero-order valence-corrected chi connectivity index (χ0v) is 8.00. The van der Waals surface area contributed by atoms with Crippen LogP contribution in [-0.2, 0) is 0 Å². The fourth-order valence-corrected chi connectivity index (χ4v) is 1.52. The lowest BCUT2D eigenvalue weighted by molar-refractivity contribution is 0.101. The Bertz CT molecular complexity index is 601. The Morgan fingerprint density at radius 1 is 1.33 bits per heavy atom. The number of aromatic nitrogens is 1. The van der Waals surface area contributed by atoms with Gasteiger partial charge in [-0.15, -0.1) is 0 Å². The summed E-state index contributed by atoms with van der Waals surface area (Å²) >= 11 is 0. The number of pyridine rings is 1. The highest BCUT2D eigenvalue weighted by atomic mass is 19.1. The van der Waals surface area contributed by atoms with Gasteiger partial charge in [-0.3, -0.25) is 9.59 Å². The van der Waals surface area contributed by atoms with Crippen LogP contribution in [0.15, 0.2) is 29.2 Å². The zero-order valence-electron chi connectivity index (χ0n) is 8.00. The van der Waals surface area contributed by atoms with E-state index in [2.05, 4.69) is 4.98 Å². The Labute approximate surface area is 84.6 Å². The van der Waals surface area contributed by atoms with Gasteiger partial charge in [0.05, 0.1) is 5.39 Å². The molecule has 3 nitrogen and oxygen atoms in total.